The van der Waals surface area contributed by atoms with Crippen LogP contribution in [-0.2, 0) is 14.3 Å². The molecule has 0 aromatic carbocycles. The molecule has 0 fully saturated rings. The summed E-state index contributed by atoms with van der Waals surface area (Å²) in [6.45, 7) is 4.98. The van der Waals surface area contributed by atoms with Crippen molar-refractivity contribution in [3.8, 4) is 0 Å². The maximum atomic E-state index is 11.9. The van der Waals surface area contributed by atoms with Gasteiger partial charge in [0.1, 0.15) is 18.4 Å². The fraction of sp³-hybridized carbons (Fsp3) is 0.417. The molecule has 0 bridgehead atoms. The molecule has 1 aromatic heterocycles. The van der Waals surface area contributed by atoms with E-state index in [0.717, 1.165) is 18.5 Å². The second kappa shape index (κ2) is 7.17. The van der Waals surface area contributed by atoms with E-state index < -0.39 is 22.8 Å². The van der Waals surface area contributed by atoms with Gasteiger partial charge in [-0.1, -0.05) is 0 Å². The third-order valence-corrected chi connectivity index (χ3v) is 2.52. The van der Waals surface area contributed by atoms with Crippen LogP contribution < -0.4 is 5.32 Å². The summed E-state index contributed by atoms with van der Waals surface area (Å²) in [6.07, 6.45) is 3.37. The fourth-order valence-electron chi connectivity index (χ4n) is 1.45. The lowest BCUT2D eigenvalue weighted by atomic mass is 10.3. The monoisotopic (exact) mass is 296 g/mol. The molecule has 0 saturated carbocycles. The lowest BCUT2D eigenvalue weighted by Gasteiger charge is -2.12. The van der Waals surface area contributed by atoms with Gasteiger partial charge < -0.3 is 10.1 Å². The van der Waals surface area contributed by atoms with E-state index in [4.69, 9.17) is 4.74 Å². The molecule has 1 atom stereocenters. The summed E-state index contributed by atoms with van der Waals surface area (Å²) in [5.41, 5.74) is 0.111. The van der Waals surface area contributed by atoms with Crippen LogP contribution in [0.5, 0.6) is 0 Å². The molecule has 1 unspecified atom stereocenters. The van der Waals surface area contributed by atoms with Gasteiger partial charge in [0.05, 0.1) is 11.5 Å². The first kappa shape index (κ1) is 16.3. The molecule has 0 aliphatic rings. The Morgan fingerprint density at radius 1 is 1.62 bits per heavy atom. The standard InChI is InChI=1S/C12H16N4O5/c1-4-21-11(17)5-8(2)14-12(18)9(3)15-7-10(6-13-15)16(19)20/h5-7,9H,4H2,1-3H3,(H,14,18)/b8-5+. The zero-order chi connectivity index (χ0) is 16.0. The van der Waals surface area contributed by atoms with Crippen molar-refractivity contribution < 1.29 is 19.2 Å². The molecule has 1 rings (SSSR count). The van der Waals surface area contributed by atoms with Gasteiger partial charge in [-0.3, -0.25) is 19.6 Å². The number of hydrogen-bond acceptors (Lipinski definition) is 6. The maximum absolute atomic E-state index is 11.9. The molecule has 1 N–H and O–H groups in total. The number of ether oxygens (including phenoxy) is 1. The second-order valence-electron chi connectivity index (χ2n) is 4.18. The molecule has 0 saturated heterocycles. The Morgan fingerprint density at radius 2 is 2.29 bits per heavy atom. The van der Waals surface area contributed by atoms with E-state index in [1.807, 2.05) is 0 Å². The Hall–Kier alpha value is -2.71. The second-order valence-corrected chi connectivity index (χ2v) is 4.18. The predicted octanol–water partition coefficient (Wildman–Crippen LogP) is 0.935. The quantitative estimate of drug-likeness (QED) is 0.361. The summed E-state index contributed by atoms with van der Waals surface area (Å²) in [5.74, 6) is -1.01. The van der Waals surface area contributed by atoms with Crippen LogP contribution in [0.4, 0.5) is 5.69 Å². The van der Waals surface area contributed by atoms with Gasteiger partial charge in [0.2, 0.25) is 5.91 Å². The zero-order valence-electron chi connectivity index (χ0n) is 11.9. The molecule has 114 valence electrons. The number of hydrogen-bond donors (Lipinski definition) is 1. The number of amides is 1. The Kier molecular flexibility index (Phi) is 5.58. The number of esters is 1. The van der Waals surface area contributed by atoms with Crippen LogP contribution in [0, 0.1) is 10.1 Å². The molecule has 1 amide bonds. The average molecular weight is 296 g/mol. The third-order valence-electron chi connectivity index (χ3n) is 2.52. The van der Waals surface area contributed by atoms with Gasteiger partial charge in [-0.05, 0) is 20.8 Å². The summed E-state index contributed by atoms with van der Waals surface area (Å²) in [6, 6.07) is -0.760. The Bertz CT molecular complexity index is 578. The van der Waals surface area contributed by atoms with Crippen molar-refractivity contribution >= 4 is 17.6 Å². The minimum Gasteiger partial charge on any atom is -0.463 e. The van der Waals surface area contributed by atoms with E-state index in [2.05, 4.69) is 10.4 Å². The molecule has 0 spiro atoms. The summed E-state index contributed by atoms with van der Waals surface area (Å²) >= 11 is 0. The number of rotatable bonds is 6. The molecule has 0 radical (unpaired) electrons. The fourth-order valence-corrected chi connectivity index (χ4v) is 1.45. The van der Waals surface area contributed by atoms with Crippen molar-refractivity contribution in [3.63, 3.8) is 0 Å². The van der Waals surface area contributed by atoms with Crippen LogP contribution in [0.25, 0.3) is 0 Å². The van der Waals surface area contributed by atoms with E-state index in [0.29, 0.717) is 5.70 Å². The van der Waals surface area contributed by atoms with Crippen molar-refractivity contribution in [2.45, 2.75) is 26.8 Å². The van der Waals surface area contributed by atoms with Crippen LogP contribution in [0.15, 0.2) is 24.2 Å². The minimum absolute atomic E-state index is 0.201. The molecule has 1 aromatic rings. The largest absolute Gasteiger partial charge is 0.463 e. The number of nitro groups is 1. The smallest absolute Gasteiger partial charge is 0.332 e. The van der Waals surface area contributed by atoms with E-state index in [1.165, 1.54) is 18.5 Å². The van der Waals surface area contributed by atoms with Crippen molar-refractivity contribution in [2.24, 2.45) is 0 Å². The first-order chi connectivity index (χ1) is 9.85. The van der Waals surface area contributed by atoms with Crippen LogP contribution >= 0.6 is 0 Å². The average Bonchev–Trinajstić information content (AvgIpc) is 2.87. The summed E-state index contributed by atoms with van der Waals surface area (Å²) in [5, 5.41) is 16.8. The molecule has 9 nitrogen and oxygen atoms in total. The number of allylic oxidation sites excluding steroid dienone is 1. The SMILES string of the molecule is CCOC(=O)/C=C(\C)NC(=O)C(C)n1cc([N+](=O)[O-])cn1. The Morgan fingerprint density at radius 3 is 2.81 bits per heavy atom. The summed E-state index contributed by atoms with van der Waals surface area (Å²) < 4.78 is 5.88. The van der Waals surface area contributed by atoms with E-state index >= 15 is 0 Å². The zero-order valence-corrected chi connectivity index (χ0v) is 11.9. The van der Waals surface area contributed by atoms with Gasteiger partial charge in [0.25, 0.3) is 0 Å². The molecule has 1 heterocycles. The number of nitrogens with zero attached hydrogens (tertiary/aromatic N) is 3. The first-order valence-electron chi connectivity index (χ1n) is 6.19. The molecule has 0 aliphatic heterocycles. The highest BCUT2D eigenvalue weighted by Gasteiger charge is 2.19. The molecule has 0 aliphatic carbocycles. The molecule has 21 heavy (non-hydrogen) atoms. The van der Waals surface area contributed by atoms with E-state index in [-0.39, 0.29) is 12.3 Å². The van der Waals surface area contributed by atoms with Crippen molar-refractivity contribution in [2.75, 3.05) is 6.61 Å². The minimum atomic E-state index is -0.760. The normalized spacial score (nSPS) is 12.6. The molecular formula is C12H16N4O5. The lowest BCUT2D eigenvalue weighted by Crippen LogP contribution is -2.30. The highest BCUT2D eigenvalue weighted by molar-refractivity contribution is 5.86. The maximum Gasteiger partial charge on any atom is 0.332 e. The highest BCUT2D eigenvalue weighted by Crippen LogP contribution is 2.13. The number of carbonyl (C=O) groups is 2. The van der Waals surface area contributed by atoms with Crippen LogP contribution in [-0.4, -0.2) is 33.2 Å². The van der Waals surface area contributed by atoms with Crippen molar-refractivity contribution in [3.05, 3.63) is 34.3 Å². The van der Waals surface area contributed by atoms with Crippen LogP contribution in [0.1, 0.15) is 26.8 Å². The highest BCUT2D eigenvalue weighted by atomic mass is 16.6. The van der Waals surface area contributed by atoms with Gasteiger partial charge in [-0.15, -0.1) is 0 Å². The summed E-state index contributed by atoms with van der Waals surface area (Å²) in [4.78, 5) is 33.1. The van der Waals surface area contributed by atoms with Gasteiger partial charge in [0, 0.05) is 11.8 Å². The van der Waals surface area contributed by atoms with Gasteiger partial charge in [-0.2, -0.15) is 5.10 Å². The van der Waals surface area contributed by atoms with Gasteiger partial charge >= 0.3 is 11.7 Å². The summed E-state index contributed by atoms with van der Waals surface area (Å²) in [7, 11) is 0. The van der Waals surface area contributed by atoms with Crippen LogP contribution in [0.2, 0.25) is 0 Å². The number of aromatic nitrogens is 2. The Balaban J connectivity index is 2.69. The predicted molar refractivity (Wildman–Crippen MR) is 72.1 cm³/mol. The Labute approximate surface area is 120 Å². The van der Waals surface area contributed by atoms with Crippen molar-refractivity contribution in [1.82, 2.24) is 15.1 Å². The molecular weight excluding hydrogens is 280 g/mol. The molecule has 9 heteroatoms. The van der Waals surface area contributed by atoms with Crippen LogP contribution in [0.3, 0.4) is 0 Å². The van der Waals surface area contributed by atoms with Gasteiger partial charge in [-0.25, -0.2) is 4.79 Å². The van der Waals surface area contributed by atoms with Crippen molar-refractivity contribution in [1.29, 1.82) is 0 Å². The van der Waals surface area contributed by atoms with Gasteiger partial charge in [0.15, 0.2) is 0 Å². The number of carbonyl (C=O) groups excluding carboxylic acids is 2. The topological polar surface area (TPSA) is 116 Å². The van der Waals surface area contributed by atoms with E-state index in [1.54, 1.807) is 6.92 Å². The van der Waals surface area contributed by atoms with E-state index in [9.17, 15) is 19.7 Å². The lowest BCUT2D eigenvalue weighted by molar-refractivity contribution is -0.385. The third kappa shape index (κ3) is 4.71. The number of nitrogens with one attached hydrogen (secondary N) is 1. The first-order valence-corrected chi connectivity index (χ1v) is 6.19.